The van der Waals surface area contributed by atoms with Gasteiger partial charge in [0.15, 0.2) is 5.84 Å². The van der Waals surface area contributed by atoms with Gasteiger partial charge in [0, 0.05) is 10.6 Å². The van der Waals surface area contributed by atoms with Crippen LogP contribution in [0.1, 0.15) is 5.76 Å². The van der Waals surface area contributed by atoms with Crippen LogP contribution < -0.4 is 4.74 Å². The molecule has 2 aromatic carbocycles. The second-order valence-corrected chi connectivity index (χ2v) is 8.83. The monoisotopic (exact) mass is 496 g/mol. The smallest absolute Gasteiger partial charge is 0.283 e. The van der Waals surface area contributed by atoms with E-state index in [4.69, 9.17) is 37.8 Å². The Labute approximate surface area is 202 Å². The molecule has 3 aromatic rings. The van der Waals surface area contributed by atoms with Gasteiger partial charge < -0.3 is 9.15 Å². The molecule has 2 aliphatic heterocycles. The van der Waals surface area contributed by atoms with Gasteiger partial charge in [-0.15, -0.1) is 0 Å². The number of rotatable bonds is 5. The Morgan fingerprint density at radius 1 is 1.12 bits per heavy atom. The Balaban J connectivity index is 1.36. The summed E-state index contributed by atoms with van der Waals surface area (Å²) in [6.45, 7) is 0.201. The molecule has 7 nitrogen and oxygen atoms in total. The average molecular weight is 497 g/mol. The maximum atomic E-state index is 12.6. The summed E-state index contributed by atoms with van der Waals surface area (Å²) in [5, 5.41) is 16.1. The molecule has 0 fully saturated rings. The molecule has 10 heteroatoms. The number of nitrogens with zero attached hydrogens (tertiary/aromatic N) is 3. The van der Waals surface area contributed by atoms with Gasteiger partial charge in [0.1, 0.15) is 28.9 Å². The lowest BCUT2D eigenvalue weighted by Gasteiger charge is -2.19. The zero-order valence-corrected chi connectivity index (χ0v) is 19.1. The summed E-state index contributed by atoms with van der Waals surface area (Å²) < 4.78 is 11.5. The number of ether oxygens (including phenoxy) is 1. The number of carbonyl (C=O) groups excluding carboxylic acids is 1. The summed E-state index contributed by atoms with van der Waals surface area (Å²) in [5.41, 5.74) is 0.689. The van der Waals surface area contributed by atoms with Crippen molar-refractivity contribution in [2.24, 2.45) is 10.1 Å². The van der Waals surface area contributed by atoms with E-state index >= 15 is 0 Å². The Kier molecular flexibility index (Phi) is 5.80. The van der Waals surface area contributed by atoms with E-state index in [9.17, 15) is 4.79 Å². The fourth-order valence-electron chi connectivity index (χ4n) is 3.16. The van der Waals surface area contributed by atoms with Gasteiger partial charge in [-0.1, -0.05) is 41.4 Å². The predicted molar refractivity (Wildman–Crippen MR) is 131 cm³/mol. The molecule has 0 radical (unpaired) electrons. The normalized spacial score (nSPS) is 16.7. The highest BCUT2D eigenvalue weighted by Crippen LogP contribution is 2.33. The van der Waals surface area contributed by atoms with E-state index in [0.717, 1.165) is 0 Å². The lowest BCUT2D eigenvalue weighted by Crippen LogP contribution is -2.35. The lowest BCUT2D eigenvalue weighted by atomic mass is 10.1. The van der Waals surface area contributed by atoms with Crippen LogP contribution in [0.5, 0.6) is 5.75 Å². The molecular formula is C23H14Cl2N4O3S. The molecule has 1 N–H and O–H groups in total. The van der Waals surface area contributed by atoms with Crippen LogP contribution in [0.4, 0.5) is 0 Å². The molecule has 1 aromatic heterocycles. The Morgan fingerprint density at radius 2 is 1.94 bits per heavy atom. The zero-order valence-electron chi connectivity index (χ0n) is 16.8. The van der Waals surface area contributed by atoms with Crippen molar-refractivity contribution in [2.75, 3.05) is 6.61 Å². The van der Waals surface area contributed by atoms with Crippen LogP contribution in [0.25, 0.3) is 17.4 Å². The van der Waals surface area contributed by atoms with Gasteiger partial charge in [0.2, 0.25) is 5.17 Å². The molecule has 1 amide bonds. The van der Waals surface area contributed by atoms with Crippen molar-refractivity contribution < 1.29 is 13.9 Å². The van der Waals surface area contributed by atoms with Gasteiger partial charge in [0.25, 0.3) is 5.91 Å². The Morgan fingerprint density at radius 3 is 2.76 bits per heavy atom. The van der Waals surface area contributed by atoms with Crippen LogP contribution in [0.3, 0.4) is 0 Å². The molecule has 2 aliphatic rings. The summed E-state index contributed by atoms with van der Waals surface area (Å²) >= 11 is 13.5. The second kappa shape index (κ2) is 8.90. The number of aliphatic imine (C=N–C) groups is 1. The highest BCUT2D eigenvalue weighted by Gasteiger charge is 2.36. The Hall–Kier alpha value is -3.33. The van der Waals surface area contributed by atoms with E-state index in [0.29, 0.717) is 43.1 Å². The summed E-state index contributed by atoms with van der Waals surface area (Å²) in [6.07, 6.45) is 1.46. The van der Waals surface area contributed by atoms with Gasteiger partial charge in [-0.05, 0) is 60.3 Å². The number of hydrogen-bond donors (Lipinski definition) is 1. The number of nitrogens with one attached hydrogen (secondary N) is 1. The molecule has 33 heavy (non-hydrogen) atoms. The predicted octanol–water partition coefficient (Wildman–Crippen LogP) is 5.95. The van der Waals surface area contributed by atoms with Crippen molar-refractivity contribution in [3.63, 3.8) is 0 Å². The minimum atomic E-state index is -0.544. The maximum Gasteiger partial charge on any atom is 0.283 e. The number of amides is 1. The third-order valence-electron chi connectivity index (χ3n) is 4.71. The van der Waals surface area contributed by atoms with Crippen LogP contribution in [0.2, 0.25) is 10.0 Å². The number of thioether (sulfide) groups is 1. The topological polar surface area (TPSA) is 91.2 Å². The van der Waals surface area contributed by atoms with E-state index in [2.05, 4.69) is 10.1 Å². The number of amidine groups is 2. The van der Waals surface area contributed by atoms with Gasteiger partial charge in [-0.3, -0.25) is 10.2 Å². The SMILES string of the molecule is N=C1/C(=C\c2ccc(-c3cc(Cl)ccc3Cl)o2)C(=O)N=C2SC(COc3ccccc3)=NN12. The van der Waals surface area contributed by atoms with Gasteiger partial charge in [0.05, 0.1) is 10.6 Å². The van der Waals surface area contributed by atoms with Crippen LogP contribution in [0, 0.1) is 5.41 Å². The van der Waals surface area contributed by atoms with Crippen molar-refractivity contribution in [3.05, 3.63) is 82.0 Å². The van der Waals surface area contributed by atoms with E-state index in [-0.39, 0.29) is 18.0 Å². The van der Waals surface area contributed by atoms with Gasteiger partial charge in [-0.25, -0.2) is 0 Å². The maximum absolute atomic E-state index is 12.6. The first-order chi connectivity index (χ1) is 16.0. The fraction of sp³-hybridized carbons (Fsp3) is 0.0435. The minimum Gasteiger partial charge on any atom is -0.487 e. The van der Waals surface area contributed by atoms with Gasteiger partial charge in [-0.2, -0.15) is 15.1 Å². The number of para-hydroxylation sites is 1. The Bertz CT molecular complexity index is 1370. The van der Waals surface area contributed by atoms with Crippen LogP contribution >= 0.6 is 35.0 Å². The number of furan rings is 1. The molecule has 0 aliphatic carbocycles. The number of benzene rings is 2. The standard InChI is InChI=1S/C23H14Cl2N4O3S/c24-13-6-8-18(25)16(10-13)19-9-7-15(32-19)11-17-21(26)29-23(27-22(17)30)33-20(28-29)12-31-14-4-2-1-3-5-14/h1-11,26H,12H2/b17-11+,26-21?. The van der Waals surface area contributed by atoms with Crippen molar-refractivity contribution in [2.45, 2.75) is 0 Å². The summed E-state index contributed by atoms with van der Waals surface area (Å²) in [5.74, 6) is 0.927. The molecule has 164 valence electrons. The number of hydrogen-bond acceptors (Lipinski definition) is 6. The zero-order chi connectivity index (χ0) is 22.9. The van der Waals surface area contributed by atoms with Crippen LogP contribution in [-0.2, 0) is 4.79 Å². The molecule has 3 heterocycles. The van der Waals surface area contributed by atoms with E-state index in [1.54, 1.807) is 30.3 Å². The first kappa shape index (κ1) is 21.5. The fourth-order valence-corrected chi connectivity index (χ4v) is 4.34. The molecular weight excluding hydrogens is 483 g/mol. The van der Waals surface area contributed by atoms with Crippen LogP contribution in [0.15, 0.2) is 80.7 Å². The third kappa shape index (κ3) is 4.45. The molecule has 0 spiro atoms. The molecule has 0 bridgehead atoms. The molecule has 0 unspecified atom stereocenters. The largest absolute Gasteiger partial charge is 0.487 e. The number of hydrazone groups is 1. The highest BCUT2D eigenvalue weighted by atomic mass is 35.5. The molecule has 0 saturated carbocycles. The van der Waals surface area contributed by atoms with Crippen molar-refractivity contribution in [1.29, 1.82) is 5.41 Å². The van der Waals surface area contributed by atoms with E-state index < -0.39 is 5.91 Å². The minimum absolute atomic E-state index is 0.0615. The number of halogens is 2. The van der Waals surface area contributed by atoms with Crippen LogP contribution in [-0.4, -0.2) is 33.6 Å². The molecule has 0 atom stereocenters. The summed E-state index contributed by atoms with van der Waals surface area (Å²) in [4.78, 5) is 16.7. The average Bonchev–Trinajstić information content (AvgIpc) is 3.44. The van der Waals surface area contributed by atoms with Crippen molar-refractivity contribution in [3.8, 4) is 17.1 Å². The number of fused-ring (bicyclic) bond motifs is 1. The van der Waals surface area contributed by atoms with Crippen molar-refractivity contribution >= 4 is 63.0 Å². The molecule has 0 saturated heterocycles. The second-order valence-electron chi connectivity index (χ2n) is 6.94. The van der Waals surface area contributed by atoms with E-state index in [1.807, 2.05) is 30.3 Å². The first-order valence-corrected chi connectivity index (χ1v) is 11.3. The van der Waals surface area contributed by atoms with E-state index in [1.165, 1.54) is 22.8 Å². The highest BCUT2D eigenvalue weighted by molar-refractivity contribution is 8.27. The first-order valence-electron chi connectivity index (χ1n) is 9.70. The molecule has 5 rings (SSSR count). The summed E-state index contributed by atoms with van der Waals surface area (Å²) in [6, 6.07) is 17.8. The number of carbonyl (C=O) groups is 1. The lowest BCUT2D eigenvalue weighted by molar-refractivity contribution is -0.114. The quantitative estimate of drug-likeness (QED) is 0.440. The van der Waals surface area contributed by atoms with Gasteiger partial charge >= 0.3 is 0 Å². The van der Waals surface area contributed by atoms with Crippen molar-refractivity contribution in [1.82, 2.24) is 5.01 Å². The summed E-state index contributed by atoms with van der Waals surface area (Å²) in [7, 11) is 0. The third-order valence-corrected chi connectivity index (χ3v) is 6.16.